The van der Waals surface area contributed by atoms with Crippen molar-refractivity contribution in [2.75, 3.05) is 20.8 Å². The number of amides is 1. The average molecular weight is 381 g/mol. The van der Waals surface area contributed by atoms with Gasteiger partial charge in [0, 0.05) is 24.2 Å². The van der Waals surface area contributed by atoms with Crippen molar-refractivity contribution in [1.82, 2.24) is 9.88 Å². The van der Waals surface area contributed by atoms with Crippen LogP contribution in [-0.2, 0) is 9.53 Å². The zero-order chi connectivity index (χ0) is 20.7. The topological polar surface area (TPSA) is 76.3 Å². The lowest BCUT2D eigenvalue weighted by atomic mass is 10.1. The van der Waals surface area contributed by atoms with E-state index in [1.54, 1.807) is 20.3 Å². The van der Waals surface area contributed by atoms with Crippen molar-refractivity contribution in [2.24, 2.45) is 0 Å². The lowest BCUT2D eigenvalue weighted by molar-refractivity contribution is -0.118. The highest BCUT2D eigenvalue weighted by Crippen LogP contribution is 2.24. The molecule has 6 heteroatoms. The summed E-state index contributed by atoms with van der Waals surface area (Å²) in [6, 6.07) is 11.6. The fourth-order valence-corrected chi connectivity index (χ4v) is 3.09. The van der Waals surface area contributed by atoms with Gasteiger partial charge in [0.15, 0.2) is 0 Å². The summed E-state index contributed by atoms with van der Waals surface area (Å²) in [5, 5.41) is 12.3. The number of ether oxygens (including phenoxy) is 2. The van der Waals surface area contributed by atoms with Gasteiger partial charge in [-0.25, -0.2) is 0 Å². The van der Waals surface area contributed by atoms with E-state index in [1.165, 1.54) is 0 Å². The van der Waals surface area contributed by atoms with E-state index in [0.29, 0.717) is 6.61 Å². The molecule has 2 rings (SSSR count). The van der Waals surface area contributed by atoms with Crippen LogP contribution in [-0.4, -0.2) is 37.3 Å². The number of carbonyl (C=O) groups excluding carboxylic acids is 1. The number of aryl methyl sites for hydroxylation is 1. The number of hydrogen-bond acceptors (Lipinski definition) is 4. The van der Waals surface area contributed by atoms with Crippen molar-refractivity contribution in [3.05, 3.63) is 52.9 Å². The molecule has 0 radical (unpaired) electrons. The van der Waals surface area contributed by atoms with Crippen molar-refractivity contribution in [2.45, 2.75) is 33.2 Å². The molecule has 28 heavy (non-hydrogen) atoms. The highest BCUT2D eigenvalue weighted by Gasteiger charge is 2.16. The molecular formula is C22H27N3O3. The van der Waals surface area contributed by atoms with E-state index in [-0.39, 0.29) is 17.5 Å². The van der Waals surface area contributed by atoms with E-state index in [1.807, 2.05) is 57.2 Å². The number of rotatable bonds is 8. The summed E-state index contributed by atoms with van der Waals surface area (Å²) >= 11 is 0. The Hall–Kier alpha value is -3.04. The molecule has 0 spiro atoms. The monoisotopic (exact) mass is 381 g/mol. The van der Waals surface area contributed by atoms with Crippen molar-refractivity contribution >= 4 is 12.0 Å². The summed E-state index contributed by atoms with van der Waals surface area (Å²) in [4.78, 5) is 12.5. The average Bonchev–Trinajstić information content (AvgIpc) is 2.98. The maximum Gasteiger partial charge on any atom is 0.262 e. The van der Waals surface area contributed by atoms with Crippen LogP contribution in [0.25, 0.3) is 11.8 Å². The third kappa shape index (κ3) is 4.81. The van der Waals surface area contributed by atoms with Crippen LogP contribution in [0.4, 0.5) is 0 Å². The molecule has 0 aliphatic carbocycles. The minimum Gasteiger partial charge on any atom is -0.497 e. The van der Waals surface area contributed by atoms with Crippen LogP contribution >= 0.6 is 0 Å². The third-order valence-corrected chi connectivity index (χ3v) is 4.66. The Morgan fingerprint density at radius 2 is 1.96 bits per heavy atom. The zero-order valence-electron chi connectivity index (χ0n) is 17.1. The Morgan fingerprint density at radius 3 is 2.50 bits per heavy atom. The number of carbonyl (C=O) groups is 1. The van der Waals surface area contributed by atoms with Gasteiger partial charge in [-0.2, -0.15) is 5.26 Å². The van der Waals surface area contributed by atoms with Crippen LogP contribution in [0.15, 0.2) is 35.9 Å². The molecule has 1 aromatic heterocycles. The molecule has 1 amide bonds. The smallest absolute Gasteiger partial charge is 0.262 e. The van der Waals surface area contributed by atoms with E-state index < -0.39 is 0 Å². The van der Waals surface area contributed by atoms with Gasteiger partial charge in [-0.1, -0.05) is 6.92 Å². The fraction of sp³-hybridized carbons (Fsp3) is 0.364. The highest BCUT2D eigenvalue weighted by atomic mass is 16.5. The third-order valence-electron chi connectivity index (χ3n) is 4.66. The fourth-order valence-electron chi connectivity index (χ4n) is 3.09. The van der Waals surface area contributed by atoms with Crippen molar-refractivity contribution < 1.29 is 14.3 Å². The minimum absolute atomic E-state index is 0.0736. The first kappa shape index (κ1) is 21.3. The molecule has 0 saturated heterocycles. The maximum absolute atomic E-state index is 12.5. The molecule has 1 atom stereocenters. The van der Waals surface area contributed by atoms with Gasteiger partial charge in [0.25, 0.3) is 5.91 Å². The summed E-state index contributed by atoms with van der Waals surface area (Å²) < 4.78 is 12.4. The van der Waals surface area contributed by atoms with Crippen LogP contribution in [0.2, 0.25) is 0 Å². The standard InChI is InChI=1S/C22H27N3O3/c1-6-19(14-27-4)24-22(26)18(13-23)12-17-11-15(2)25(16(17)3)20-7-9-21(28-5)10-8-20/h7-12,19H,6,14H2,1-5H3,(H,24,26)/b18-12+. The highest BCUT2D eigenvalue weighted by molar-refractivity contribution is 6.02. The summed E-state index contributed by atoms with van der Waals surface area (Å²) in [6.07, 6.45) is 2.36. The van der Waals surface area contributed by atoms with Gasteiger partial charge in [-0.05, 0) is 62.2 Å². The van der Waals surface area contributed by atoms with Gasteiger partial charge < -0.3 is 19.4 Å². The van der Waals surface area contributed by atoms with Crippen LogP contribution in [0, 0.1) is 25.2 Å². The lowest BCUT2D eigenvalue weighted by Gasteiger charge is -2.15. The normalized spacial score (nSPS) is 12.4. The van der Waals surface area contributed by atoms with Crippen LogP contribution in [0.3, 0.4) is 0 Å². The van der Waals surface area contributed by atoms with Crippen molar-refractivity contribution in [1.29, 1.82) is 5.26 Å². The predicted molar refractivity (Wildman–Crippen MR) is 109 cm³/mol. The Morgan fingerprint density at radius 1 is 1.29 bits per heavy atom. The van der Waals surface area contributed by atoms with Crippen LogP contribution in [0.5, 0.6) is 5.75 Å². The van der Waals surface area contributed by atoms with Gasteiger partial charge in [-0.15, -0.1) is 0 Å². The van der Waals surface area contributed by atoms with Gasteiger partial charge in [0.05, 0.1) is 19.8 Å². The number of nitriles is 1. The van der Waals surface area contributed by atoms with Crippen molar-refractivity contribution in [3.63, 3.8) is 0 Å². The van der Waals surface area contributed by atoms with Gasteiger partial charge in [0.1, 0.15) is 17.4 Å². The number of nitrogens with zero attached hydrogens (tertiary/aromatic N) is 2. The van der Waals surface area contributed by atoms with Crippen LogP contribution < -0.4 is 10.1 Å². The quantitative estimate of drug-likeness (QED) is 0.560. The van der Waals surface area contributed by atoms with E-state index in [4.69, 9.17) is 9.47 Å². The SMILES string of the molecule is CCC(COC)NC(=O)/C(C#N)=C/c1cc(C)n(-c2ccc(OC)cc2)c1C. The summed E-state index contributed by atoms with van der Waals surface area (Å²) in [5.74, 6) is 0.400. The molecule has 0 fully saturated rings. The molecule has 1 unspecified atom stereocenters. The predicted octanol–water partition coefficient (Wildman–Crippen LogP) is 3.55. The molecule has 1 aromatic carbocycles. The Kier molecular flexibility index (Phi) is 7.42. The second-order valence-corrected chi connectivity index (χ2v) is 6.56. The van der Waals surface area contributed by atoms with E-state index in [0.717, 1.165) is 34.8 Å². The summed E-state index contributed by atoms with van der Waals surface area (Å²) in [6.45, 7) is 6.33. The van der Waals surface area contributed by atoms with Crippen molar-refractivity contribution in [3.8, 4) is 17.5 Å². The second-order valence-electron chi connectivity index (χ2n) is 6.56. The minimum atomic E-state index is -0.388. The number of aromatic nitrogens is 1. The molecule has 0 aliphatic rings. The number of methoxy groups -OCH3 is 2. The van der Waals surface area contributed by atoms with Gasteiger partial charge in [-0.3, -0.25) is 4.79 Å². The summed E-state index contributed by atoms with van der Waals surface area (Å²) in [5.41, 5.74) is 3.86. The lowest BCUT2D eigenvalue weighted by Crippen LogP contribution is -2.38. The van der Waals surface area contributed by atoms with E-state index in [9.17, 15) is 10.1 Å². The number of benzene rings is 1. The zero-order valence-corrected chi connectivity index (χ0v) is 17.1. The van der Waals surface area contributed by atoms with E-state index in [2.05, 4.69) is 9.88 Å². The first-order valence-corrected chi connectivity index (χ1v) is 9.20. The number of nitrogens with one attached hydrogen (secondary N) is 1. The Balaban J connectivity index is 2.33. The van der Waals surface area contributed by atoms with Gasteiger partial charge in [0.2, 0.25) is 0 Å². The number of hydrogen-bond donors (Lipinski definition) is 1. The summed E-state index contributed by atoms with van der Waals surface area (Å²) in [7, 11) is 3.22. The molecule has 2 aromatic rings. The molecule has 0 aliphatic heterocycles. The molecule has 148 valence electrons. The molecular weight excluding hydrogens is 354 g/mol. The largest absolute Gasteiger partial charge is 0.497 e. The Bertz CT molecular complexity index is 889. The Labute approximate surface area is 166 Å². The van der Waals surface area contributed by atoms with Crippen LogP contribution in [0.1, 0.15) is 30.3 Å². The molecule has 6 nitrogen and oxygen atoms in total. The first-order valence-electron chi connectivity index (χ1n) is 9.20. The molecule has 1 heterocycles. The molecule has 0 saturated carbocycles. The second kappa shape index (κ2) is 9.77. The molecule has 1 N–H and O–H groups in total. The maximum atomic E-state index is 12.5. The molecule has 0 bridgehead atoms. The van der Waals surface area contributed by atoms with Gasteiger partial charge >= 0.3 is 0 Å². The van der Waals surface area contributed by atoms with E-state index >= 15 is 0 Å². The first-order chi connectivity index (χ1) is 13.4.